The molecule has 90 valence electrons. The van der Waals surface area contributed by atoms with Gasteiger partial charge in [0, 0.05) is 32.4 Å². The second-order valence-corrected chi connectivity index (χ2v) is 4.70. The number of aromatic nitrogens is 1. The Kier molecular flexibility index (Phi) is 2.44. The second-order valence-electron chi connectivity index (χ2n) is 4.70. The van der Waals surface area contributed by atoms with E-state index < -0.39 is 0 Å². The van der Waals surface area contributed by atoms with Crippen molar-refractivity contribution >= 4 is 11.4 Å². The first-order valence-corrected chi connectivity index (χ1v) is 5.80. The van der Waals surface area contributed by atoms with Gasteiger partial charge in [-0.15, -0.1) is 0 Å². The minimum atomic E-state index is -0.352. The molecule has 1 aromatic heterocycles. The van der Waals surface area contributed by atoms with Gasteiger partial charge in [0.05, 0.1) is 4.92 Å². The first-order valence-electron chi connectivity index (χ1n) is 5.80. The number of nitrogens with one attached hydrogen (secondary N) is 1. The van der Waals surface area contributed by atoms with E-state index >= 15 is 0 Å². The molecular formula is C11H14N4O2. The molecule has 2 aliphatic heterocycles. The summed E-state index contributed by atoms with van der Waals surface area (Å²) in [6.07, 6.45) is 2.95. The van der Waals surface area contributed by atoms with Crippen molar-refractivity contribution in [2.45, 2.75) is 0 Å². The van der Waals surface area contributed by atoms with Gasteiger partial charge in [-0.3, -0.25) is 15.1 Å². The van der Waals surface area contributed by atoms with Gasteiger partial charge in [0.2, 0.25) is 0 Å². The molecule has 1 aromatic rings. The molecule has 0 radical (unpaired) electrons. The summed E-state index contributed by atoms with van der Waals surface area (Å²) < 4.78 is 0. The summed E-state index contributed by atoms with van der Waals surface area (Å²) in [6.45, 7) is 3.87. The van der Waals surface area contributed by atoms with E-state index in [4.69, 9.17) is 0 Å². The van der Waals surface area contributed by atoms with Crippen LogP contribution in [0.15, 0.2) is 18.5 Å². The van der Waals surface area contributed by atoms with Crippen molar-refractivity contribution in [3.8, 4) is 0 Å². The molecule has 6 heteroatoms. The fourth-order valence-corrected chi connectivity index (χ4v) is 2.84. The van der Waals surface area contributed by atoms with Gasteiger partial charge in [-0.05, 0) is 17.9 Å². The maximum Gasteiger partial charge on any atom is 0.310 e. The van der Waals surface area contributed by atoms with Crippen LogP contribution in [0.1, 0.15) is 0 Å². The zero-order chi connectivity index (χ0) is 11.8. The number of anilines is 1. The van der Waals surface area contributed by atoms with Crippen molar-refractivity contribution in [2.24, 2.45) is 11.8 Å². The van der Waals surface area contributed by atoms with Crippen LogP contribution in [-0.2, 0) is 0 Å². The van der Waals surface area contributed by atoms with Crippen LogP contribution in [0.2, 0.25) is 0 Å². The van der Waals surface area contributed by atoms with Crippen LogP contribution < -0.4 is 10.2 Å². The minimum absolute atomic E-state index is 0.112. The molecule has 2 atom stereocenters. The Morgan fingerprint density at radius 3 is 2.76 bits per heavy atom. The number of nitrogens with zero attached hydrogens (tertiary/aromatic N) is 3. The molecule has 0 spiro atoms. The van der Waals surface area contributed by atoms with Crippen molar-refractivity contribution in [1.82, 2.24) is 10.3 Å². The summed E-state index contributed by atoms with van der Waals surface area (Å²) in [5.41, 5.74) is 0.819. The largest absolute Gasteiger partial charge is 0.365 e. The standard InChI is InChI=1S/C11H14N4O2/c16-15(17)11-5-12-2-1-10(11)14-6-8-3-13-4-9(8)7-14/h1-2,5,8-9,13H,3-4,6-7H2. The van der Waals surface area contributed by atoms with Gasteiger partial charge >= 0.3 is 5.69 Å². The molecule has 17 heavy (non-hydrogen) atoms. The molecule has 0 aromatic carbocycles. The third-order valence-electron chi connectivity index (χ3n) is 3.70. The van der Waals surface area contributed by atoms with Crippen molar-refractivity contribution in [3.63, 3.8) is 0 Å². The highest BCUT2D eigenvalue weighted by Crippen LogP contribution is 2.34. The SMILES string of the molecule is O=[N+]([O-])c1cnccc1N1CC2CNCC2C1. The van der Waals surface area contributed by atoms with E-state index in [1.807, 2.05) is 0 Å². The van der Waals surface area contributed by atoms with Gasteiger partial charge in [-0.2, -0.15) is 0 Å². The molecule has 0 aliphatic carbocycles. The summed E-state index contributed by atoms with van der Waals surface area (Å²) in [7, 11) is 0. The Morgan fingerprint density at radius 1 is 1.41 bits per heavy atom. The lowest BCUT2D eigenvalue weighted by Crippen LogP contribution is -2.26. The molecule has 1 N–H and O–H groups in total. The summed E-state index contributed by atoms with van der Waals surface area (Å²) in [5.74, 6) is 1.26. The molecule has 0 amide bonds. The van der Waals surface area contributed by atoms with Crippen molar-refractivity contribution in [1.29, 1.82) is 0 Å². The molecule has 3 rings (SSSR count). The Balaban J connectivity index is 1.88. The van der Waals surface area contributed by atoms with E-state index in [0.717, 1.165) is 26.2 Å². The first kappa shape index (κ1) is 10.5. The van der Waals surface area contributed by atoms with Crippen LogP contribution in [0.3, 0.4) is 0 Å². The molecule has 6 nitrogen and oxygen atoms in total. The van der Waals surface area contributed by atoms with Gasteiger partial charge in [0.1, 0.15) is 11.9 Å². The Bertz CT molecular complexity index is 439. The maximum absolute atomic E-state index is 11.0. The van der Waals surface area contributed by atoms with Crippen LogP contribution in [0.4, 0.5) is 11.4 Å². The number of nitro groups is 1. The molecule has 2 unspecified atom stereocenters. The minimum Gasteiger partial charge on any atom is -0.365 e. The molecule has 2 fully saturated rings. The van der Waals surface area contributed by atoms with E-state index in [2.05, 4.69) is 15.2 Å². The Morgan fingerprint density at radius 2 is 2.12 bits per heavy atom. The summed E-state index contributed by atoms with van der Waals surface area (Å²) in [5, 5.41) is 14.3. The number of hydrogen-bond donors (Lipinski definition) is 1. The van der Waals surface area contributed by atoms with E-state index in [9.17, 15) is 10.1 Å². The smallest absolute Gasteiger partial charge is 0.310 e. The van der Waals surface area contributed by atoms with Crippen molar-refractivity contribution in [2.75, 3.05) is 31.1 Å². The third kappa shape index (κ3) is 1.74. The number of pyridine rings is 1. The summed E-state index contributed by atoms with van der Waals surface area (Å²) >= 11 is 0. The number of hydrogen-bond acceptors (Lipinski definition) is 5. The van der Waals surface area contributed by atoms with E-state index in [0.29, 0.717) is 17.5 Å². The highest BCUT2D eigenvalue weighted by atomic mass is 16.6. The van der Waals surface area contributed by atoms with Crippen molar-refractivity contribution < 1.29 is 4.92 Å². The van der Waals surface area contributed by atoms with Crippen molar-refractivity contribution in [3.05, 3.63) is 28.6 Å². The maximum atomic E-state index is 11.0. The Labute approximate surface area is 98.8 Å². The zero-order valence-electron chi connectivity index (χ0n) is 9.37. The van der Waals surface area contributed by atoms with Crippen LogP contribution in [0, 0.1) is 22.0 Å². The summed E-state index contributed by atoms with van der Waals surface area (Å²) in [4.78, 5) is 16.5. The van der Waals surface area contributed by atoms with Gasteiger partial charge < -0.3 is 10.2 Å². The molecule has 3 heterocycles. The monoisotopic (exact) mass is 234 g/mol. The summed E-state index contributed by atoms with van der Waals surface area (Å²) in [6, 6.07) is 1.74. The van der Waals surface area contributed by atoms with Gasteiger partial charge in [0.15, 0.2) is 0 Å². The second kappa shape index (κ2) is 3.96. The average Bonchev–Trinajstić information content (AvgIpc) is 2.88. The molecule has 2 saturated heterocycles. The number of fused-ring (bicyclic) bond motifs is 1. The highest BCUT2D eigenvalue weighted by molar-refractivity contribution is 5.62. The highest BCUT2D eigenvalue weighted by Gasteiger charge is 2.37. The van der Waals surface area contributed by atoms with Gasteiger partial charge in [0.25, 0.3) is 0 Å². The molecular weight excluding hydrogens is 220 g/mol. The van der Waals surface area contributed by atoms with Crippen LogP contribution >= 0.6 is 0 Å². The van der Waals surface area contributed by atoms with Crippen LogP contribution in [-0.4, -0.2) is 36.1 Å². The molecule has 0 bridgehead atoms. The third-order valence-corrected chi connectivity index (χ3v) is 3.70. The fraction of sp³-hybridized carbons (Fsp3) is 0.545. The lowest BCUT2D eigenvalue weighted by Gasteiger charge is -2.18. The molecule has 0 saturated carbocycles. The van der Waals surface area contributed by atoms with Gasteiger partial charge in [-0.25, -0.2) is 0 Å². The van der Waals surface area contributed by atoms with E-state index in [1.54, 1.807) is 12.3 Å². The quantitative estimate of drug-likeness (QED) is 0.600. The lowest BCUT2D eigenvalue weighted by atomic mass is 10.0. The van der Waals surface area contributed by atoms with Gasteiger partial charge in [-0.1, -0.05) is 0 Å². The lowest BCUT2D eigenvalue weighted by molar-refractivity contribution is -0.384. The predicted molar refractivity (Wildman–Crippen MR) is 63.0 cm³/mol. The zero-order valence-corrected chi connectivity index (χ0v) is 9.37. The first-order chi connectivity index (χ1) is 8.25. The molecule has 2 aliphatic rings. The fourth-order valence-electron chi connectivity index (χ4n) is 2.84. The topological polar surface area (TPSA) is 71.3 Å². The predicted octanol–water partition coefficient (Wildman–Crippen LogP) is 0.645. The normalized spacial score (nSPS) is 27.2. The van der Waals surface area contributed by atoms with E-state index in [-0.39, 0.29) is 10.6 Å². The average molecular weight is 234 g/mol. The van der Waals surface area contributed by atoms with Crippen LogP contribution in [0.25, 0.3) is 0 Å². The number of rotatable bonds is 2. The van der Waals surface area contributed by atoms with E-state index in [1.165, 1.54) is 6.20 Å². The Hall–Kier alpha value is -1.69. The van der Waals surface area contributed by atoms with Crippen LogP contribution in [0.5, 0.6) is 0 Å².